The van der Waals surface area contributed by atoms with Crippen LogP contribution < -0.4 is 0 Å². The van der Waals surface area contributed by atoms with Crippen molar-refractivity contribution < 1.29 is 0 Å². The standard InChI is InChI=1S/C42H49NS/c1-3-5-7-9-11-13-15-17-19-31-21-23-33-35-25-28-38-36(41(35)43-39(33)29-31)26-27-37-34-24-22-32(30-40(34)44-42(37)38)20-18-16-14-12-10-8-6-4-2/h17-30,43H,3-16H2,1-2H3/b19-17+,20-18+. The first-order valence-corrected chi connectivity index (χ1v) is 18.2. The minimum Gasteiger partial charge on any atom is -0.354 e. The number of hydrogen-bond acceptors (Lipinski definition) is 1. The highest BCUT2D eigenvalue weighted by atomic mass is 32.1. The SMILES string of the molecule is CCCCCCCC/C=C/c1ccc2c(c1)[nH]c1c2ccc2c1ccc1c3ccc(/C=C/CCCCCCCC)cc3sc12. The largest absolute Gasteiger partial charge is 0.354 e. The van der Waals surface area contributed by atoms with Crippen LogP contribution >= 0.6 is 11.3 Å². The molecule has 0 radical (unpaired) electrons. The van der Waals surface area contributed by atoms with E-state index < -0.39 is 0 Å². The molecule has 44 heavy (non-hydrogen) atoms. The van der Waals surface area contributed by atoms with Gasteiger partial charge in [-0.1, -0.05) is 151 Å². The van der Waals surface area contributed by atoms with Gasteiger partial charge in [-0.2, -0.15) is 0 Å². The highest BCUT2D eigenvalue weighted by molar-refractivity contribution is 7.26. The van der Waals surface area contributed by atoms with Gasteiger partial charge in [-0.05, 0) is 48.9 Å². The van der Waals surface area contributed by atoms with Crippen LogP contribution in [0.25, 0.3) is 64.9 Å². The second kappa shape index (κ2) is 15.1. The molecule has 0 fully saturated rings. The normalized spacial score (nSPS) is 12.5. The van der Waals surface area contributed by atoms with Gasteiger partial charge in [-0.25, -0.2) is 0 Å². The Kier molecular flexibility index (Phi) is 10.5. The molecule has 0 spiro atoms. The van der Waals surface area contributed by atoms with Gasteiger partial charge >= 0.3 is 0 Å². The molecule has 2 aromatic heterocycles. The van der Waals surface area contributed by atoms with E-state index in [4.69, 9.17) is 0 Å². The number of hydrogen-bond donors (Lipinski definition) is 1. The van der Waals surface area contributed by atoms with E-state index in [1.807, 2.05) is 11.3 Å². The molecule has 0 bridgehead atoms. The van der Waals surface area contributed by atoms with Gasteiger partial charge in [-0.3, -0.25) is 0 Å². The summed E-state index contributed by atoms with van der Waals surface area (Å²) in [5.74, 6) is 0. The number of nitrogens with one attached hydrogen (secondary N) is 1. The Morgan fingerprint density at radius 2 is 1.02 bits per heavy atom. The smallest absolute Gasteiger partial charge is 0.0545 e. The van der Waals surface area contributed by atoms with Crippen LogP contribution in [0.15, 0.2) is 72.8 Å². The third-order valence-corrected chi connectivity index (χ3v) is 10.5. The van der Waals surface area contributed by atoms with E-state index in [1.54, 1.807) is 0 Å². The predicted octanol–water partition coefficient (Wildman–Crippen LogP) is 14.4. The third-order valence-electron chi connectivity index (χ3n) is 9.32. The molecule has 1 nitrogen and oxygen atoms in total. The summed E-state index contributed by atoms with van der Waals surface area (Å²) < 4.78 is 2.77. The first-order chi connectivity index (χ1) is 21.8. The van der Waals surface area contributed by atoms with E-state index in [0.29, 0.717) is 0 Å². The van der Waals surface area contributed by atoms with Crippen molar-refractivity contribution in [3.63, 3.8) is 0 Å². The molecule has 0 amide bonds. The van der Waals surface area contributed by atoms with Gasteiger partial charge in [0.05, 0.1) is 5.52 Å². The van der Waals surface area contributed by atoms with Crippen molar-refractivity contribution in [2.45, 2.75) is 104 Å². The maximum Gasteiger partial charge on any atom is 0.0545 e. The molecular weight excluding hydrogens is 551 g/mol. The lowest BCUT2D eigenvalue weighted by Crippen LogP contribution is -1.78. The molecule has 0 aliphatic heterocycles. The van der Waals surface area contributed by atoms with Gasteiger partial charge in [0, 0.05) is 47.2 Å². The number of thiophene rings is 1. The molecule has 4 aromatic carbocycles. The molecule has 0 saturated carbocycles. The fourth-order valence-corrected chi connectivity index (χ4v) is 8.06. The van der Waals surface area contributed by atoms with Crippen molar-refractivity contribution in [3.8, 4) is 0 Å². The number of unbranched alkanes of at least 4 members (excludes halogenated alkanes) is 12. The third kappa shape index (κ3) is 6.97. The van der Waals surface area contributed by atoms with Crippen LogP contribution in [0.3, 0.4) is 0 Å². The average molecular weight is 600 g/mol. The van der Waals surface area contributed by atoms with E-state index in [2.05, 4.69) is 104 Å². The molecule has 2 heterocycles. The maximum atomic E-state index is 3.81. The van der Waals surface area contributed by atoms with Gasteiger partial charge in [0.1, 0.15) is 0 Å². The number of aromatic amines is 1. The van der Waals surface area contributed by atoms with Crippen LogP contribution in [0.1, 0.15) is 115 Å². The molecule has 0 aliphatic carbocycles. The fourth-order valence-electron chi connectivity index (χ4n) is 6.78. The van der Waals surface area contributed by atoms with Crippen molar-refractivity contribution in [3.05, 3.63) is 83.9 Å². The number of H-pyrrole nitrogens is 1. The molecular formula is C42H49NS. The van der Waals surface area contributed by atoms with E-state index in [0.717, 1.165) is 0 Å². The lowest BCUT2D eigenvalue weighted by atomic mass is 10.0. The molecule has 0 aliphatic rings. The average Bonchev–Trinajstić information content (AvgIpc) is 3.61. The van der Waals surface area contributed by atoms with Gasteiger partial charge in [0.2, 0.25) is 0 Å². The van der Waals surface area contributed by atoms with Crippen LogP contribution in [0.4, 0.5) is 0 Å². The number of allylic oxidation sites excluding steroid dienone is 2. The zero-order chi connectivity index (χ0) is 30.1. The van der Waals surface area contributed by atoms with Gasteiger partial charge in [0.15, 0.2) is 0 Å². The van der Waals surface area contributed by atoms with Gasteiger partial charge < -0.3 is 4.98 Å². The van der Waals surface area contributed by atoms with E-state index >= 15 is 0 Å². The zero-order valence-electron chi connectivity index (χ0n) is 26.9. The molecule has 0 saturated heterocycles. The topological polar surface area (TPSA) is 15.8 Å². The second-order valence-electron chi connectivity index (χ2n) is 12.7. The summed E-state index contributed by atoms with van der Waals surface area (Å²) in [4.78, 5) is 3.81. The van der Waals surface area contributed by atoms with E-state index in [1.165, 1.54) is 154 Å². The molecule has 228 valence electrons. The lowest BCUT2D eigenvalue weighted by molar-refractivity contribution is 0.611. The lowest BCUT2D eigenvalue weighted by Gasteiger charge is -2.02. The summed E-state index contributed by atoms with van der Waals surface area (Å²) in [6.07, 6.45) is 27.9. The predicted molar refractivity (Wildman–Crippen MR) is 200 cm³/mol. The highest BCUT2D eigenvalue weighted by Gasteiger charge is 2.13. The van der Waals surface area contributed by atoms with Crippen LogP contribution in [0, 0.1) is 0 Å². The molecule has 6 rings (SSSR count). The Labute approximate surface area is 268 Å². The van der Waals surface area contributed by atoms with E-state index in [-0.39, 0.29) is 0 Å². The Hall–Kier alpha value is -3.36. The summed E-state index contributed by atoms with van der Waals surface area (Å²) >= 11 is 1.94. The van der Waals surface area contributed by atoms with Crippen molar-refractivity contribution in [2.24, 2.45) is 0 Å². The van der Waals surface area contributed by atoms with Crippen LogP contribution in [0.5, 0.6) is 0 Å². The molecule has 0 unspecified atom stereocenters. The summed E-state index contributed by atoms with van der Waals surface area (Å²) in [5, 5.41) is 8.03. The molecule has 0 atom stereocenters. The Morgan fingerprint density at radius 1 is 0.523 bits per heavy atom. The minimum absolute atomic E-state index is 1.17. The highest BCUT2D eigenvalue weighted by Crippen LogP contribution is 2.41. The van der Waals surface area contributed by atoms with Crippen molar-refractivity contribution in [1.29, 1.82) is 0 Å². The number of benzene rings is 4. The van der Waals surface area contributed by atoms with Crippen LogP contribution in [-0.4, -0.2) is 4.98 Å². The summed E-state index contributed by atoms with van der Waals surface area (Å²) in [5.41, 5.74) is 5.07. The van der Waals surface area contributed by atoms with Crippen molar-refractivity contribution in [2.75, 3.05) is 0 Å². The molecule has 1 N–H and O–H groups in total. The summed E-state index contributed by atoms with van der Waals surface area (Å²) in [7, 11) is 0. The maximum absolute atomic E-state index is 3.81. The van der Waals surface area contributed by atoms with Gasteiger partial charge in [-0.15, -0.1) is 11.3 Å². The quantitative estimate of drug-likeness (QED) is 0.107. The Morgan fingerprint density at radius 3 is 1.68 bits per heavy atom. The molecule has 6 aromatic rings. The number of fused-ring (bicyclic) bond motifs is 9. The molecule has 2 heteroatoms. The summed E-state index contributed by atoms with van der Waals surface area (Å²) in [6, 6.07) is 23.2. The Bertz CT molecular complexity index is 1760. The van der Waals surface area contributed by atoms with Gasteiger partial charge in [0.25, 0.3) is 0 Å². The van der Waals surface area contributed by atoms with Crippen molar-refractivity contribution in [1.82, 2.24) is 4.98 Å². The number of aromatic nitrogens is 1. The first-order valence-electron chi connectivity index (χ1n) is 17.4. The monoisotopic (exact) mass is 599 g/mol. The van der Waals surface area contributed by atoms with Crippen LogP contribution in [0.2, 0.25) is 0 Å². The second-order valence-corrected chi connectivity index (χ2v) is 13.8. The Balaban J connectivity index is 1.20. The van der Waals surface area contributed by atoms with E-state index in [9.17, 15) is 0 Å². The number of rotatable bonds is 16. The fraction of sp³-hybridized carbons (Fsp3) is 0.381. The van der Waals surface area contributed by atoms with Crippen LogP contribution in [-0.2, 0) is 0 Å². The summed E-state index contributed by atoms with van der Waals surface area (Å²) in [6.45, 7) is 4.57. The van der Waals surface area contributed by atoms with Crippen molar-refractivity contribution >= 4 is 76.2 Å². The zero-order valence-corrected chi connectivity index (χ0v) is 27.7. The first kappa shape index (κ1) is 30.7. The minimum atomic E-state index is 1.17.